The van der Waals surface area contributed by atoms with E-state index in [1.807, 2.05) is 0 Å². The molecule has 0 spiro atoms. The maximum Gasteiger partial charge on any atom is 0.358 e. The Balaban J connectivity index is 4.28. The molecular formula is C9H16N2O6S. The fraction of sp³-hybridized carbons (Fsp3) is 0.556. The number of hydrogen-bond acceptors (Lipinski definition) is 5. The van der Waals surface area contributed by atoms with Crippen LogP contribution < -0.4 is 5.32 Å². The molecule has 0 heterocycles. The summed E-state index contributed by atoms with van der Waals surface area (Å²) in [5.41, 5.74) is 0.124. The third kappa shape index (κ3) is 6.86. The van der Waals surface area contributed by atoms with Crippen LogP contribution in [0.2, 0.25) is 0 Å². The molecule has 0 bridgehead atoms. The number of hydroxylamine groups is 2. The normalized spacial score (nSPS) is 10.6. The topological polar surface area (TPSA) is 113 Å². The summed E-state index contributed by atoms with van der Waals surface area (Å²) < 4.78 is 29.3. The van der Waals surface area contributed by atoms with Gasteiger partial charge in [-0.15, -0.1) is 0 Å². The highest BCUT2D eigenvalue weighted by Crippen LogP contribution is 1.98. The summed E-state index contributed by atoms with van der Waals surface area (Å²) in [6.45, 7) is 6.12. The predicted molar refractivity (Wildman–Crippen MR) is 63.1 cm³/mol. The first-order chi connectivity index (χ1) is 8.17. The van der Waals surface area contributed by atoms with Gasteiger partial charge in [0.2, 0.25) is 0 Å². The third-order valence-electron chi connectivity index (χ3n) is 1.69. The van der Waals surface area contributed by atoms with Gasteiger partial charge in [-0.2, -0.15) is 13.5 Å². The molecule has 0 atom stereocenters. The molecule has 9 heteroatoms. The minimum Gasteiger partial charge on any atom is -0.334 e. The molecule has 8 nitrogen and oxygen atoms in total. The van der Waals surface area contributed by atoms with E-state index in [9.17, 15) is 18.0 Å². The Bertz CT molecular complexity index is 430. The first-order valence-corrected chi connectivity index (χ1v) is 6.66. The number of urea groups is 1. The zero-order chi connectivity index (χ0) is 14.3. The number of nitrogens with zero attached hydrogens (tertiary/aromatic N) is 1. The second-order valence-electron chi connectivity index (χ2n) is 3.37. The van der Waals surface area contributed by atoms with Crippen LogP contribution in [0.5, 0.6) is 0 Å². The van der Waals surface area contributed by atoms with Gasteiger partial charge in [-0.25, -0.2) is 9.59 Å². The average Bonchev–Trinajstić information content (AvgIpc) is 2.23. The van der Waals surface area contributed by atoms with Gasteiger partial charge in [0, 0.05) is 12.1 Å². The van der Waals surface area contributed by atoms with Crippen molar-refractivity contribution in [3.05, 3.63) is 12.2 Å². The van der Waals surface area contributed by atoms with Crippen LogP contribution in [0.3, 0.4) is 0 Å². The molecule has 0 aromatic heterocycles. The highest BCUT2D eigenvalue weighted by Gasteiger charge is 2.17. The minimum absolute atomic E-state index is 0.0801. The molecule has 0 saturated carbocycles. The molecule has 104 valence electrons. The Hall–Kier alpha value is -1.61. The van der Waals surface area contributed by atoms with E-state index < -0.39 is 27.9 Å². The van der Waals surface area contributed by atoms with Crippen molar-refractivity contribution in [2.75, 3.05) is 18.8 Å². The molecule has 0 fully saturated rings. The van der Waals surface area contributed by atoms with Crippen LogP contribution in [0.4, 0.5) is 4.79 Å². The molecular weight excluding hydrogens is 264 g/mol. The summed E-state index contributed by atoms with van der Waals surface area (Å²) in [6.07, 6.45) is 0. The van der Waals surface area contributed by atoms with Crippen LogP contribution in [0, 0.1) is 0 Å². The van der Waals surface area contributed by atoms with E-state index in [1.165, 1.54) is 6.92 Å². The monoisotopic (exact) mass is 280 g/mol. The lowest BCUT2D eigenvalue weighted by Gasteiger charge is -2.19. The van der Waals surface area contributed by atoms with E-state index >= 15 is 0 Å². The average molecular weight is 280 g/mol. The van der Waals surface area contributed by atoms with Crippen LogP contribution in [-0.4, -0.2) is 48.9 Å². The van der Waals surface area contributed by atoms with Gasteiger partial charge in [0.1, 0.15) is 0 Å². The molecule has 2 amide bonds. The van der Waals surface area contributed by atoms with Gasteiger partial charge in [0.05, 0.1) is 12.3 Å². The molecule has 0 aromatic carbocycles. The lowest BCUT2D eigenvalue weighted by Crippen LogP contribution is -2.42. The Morgan fingerprint density at radius 1 is 1.44 bits per heavy atom. The largest absolute Gasteiger partial charge is 0.358 e. The smallest absolute Gasteiger partial charge is 0.334 e. The summed E-state index contributed by atoms with van der Waals surface area (Å²) in [5, 5.41) is 2.90. The Labute approximate surface area is 105 Å². The summed E-state index contributed by atoms with van der Waals surface area (Å²) in [4.78, 5) is 27.3. The lowest BCUT2D eigenvalue weighted by atomic mass is 10.4. The molecule has 0 saturated heterocycles. The van der Waals surface area contributed by atoms with Gasteiger partial charge in [-0.1, -0.05) is 6.58 Å². The molecule has 18 heavy (non-hydrogen) atoms. The first kappa shape index (κ1) is 16.4. The predicted octanol–water partition coefficient (Wildman–Crippen LogP) is -0.0600. The zero-order valence-corrected chi connectivity index (χ0v) is 11.0. The van der Waals surface area contributed by atoms with Crippen molar-refractivity contribution in [2.24, 2.45) is 0 Å². The summed E-state index contributed by atoms with van der Waals surface area (Å²) in [5.74, 6) is -1.38. The zero-order valence-electron chi connectivity index (χ0n) is 10.2. The van der Waals surface area contributed by atoms with Crippen molar-refractivity contribution in [3.63, 3.8) is 0 Å². The van der Waals surface area contributed by atoms with E-state index in [2.05, 4.69) is 16.7 Å². The summed E-state index contributed by atoms with van der Waals surface area (Å²) in [7, 11) is -4.14. The highest BCUT2D eigenvalue weighted by atomic mass is 32.2. The lowest BCUT2D eigenvalue weighted by molar-refractivity contribution is -0.170. The molecule has 0 aliphatic heterocycles. The maximum absolute atomic E-state index is 11.4. The number of hydrogen-bond donors (Lipinski definition) is 2. The third-order valence-corrected chi connectivity index (χ3v) is 2.41. The van der Waals surface area contributed by atoms with Gasteiger partial charge in [-0.05, 0) is 13.8 Å². The van der Waals surface area contributed by atoms with Crippen LogP contribution in [0.25, 0.3) is 0 Å². The van der Waals surface area contributed by atoms with E-state index in [-0.39, 0.29) is 18.7 Å². The van der Waals surface area contributed by atoms with Gasteiger partial charge < -0.3 is 10.2 Å². The number of rotatable bonds is 5. The second-order valence-corrected chi connectivity index (χ2v) is 4.94. The first-order valence-electron chi connectivity index (χ1n) is 5.05. The van der Waals surface area contributed by atoms with Gasteiger partial charge >= 0.3 is 12.0 Å². The van der Waals surface area contributed by atoms with E-state index in [4.69, 9.17) is 4.55 Å². The Morgan fingerprint density at radius 2 is 2.00 bits per heavy atom. The fourth-order valence-electron chi connectivity index (χ4n) is 0.803. The molecule has 0 aliphatic rings. The maximum atomic E-state index is 11.4. The summed E-state index contributed by atoms with van der Waals surface area (Å²) >= 11 is 0. The minimum atomic E-state index is -4.14. The second kappa shape index (κ2) is 6.97. The highest BCUT2D eigenvalue weighted by molar-refractivity contribution is 7.85. The van der Waals surface area contributed by atoms with Crippen molar-refractivity contribution in [1.82, 2.24) is 10.4 Å². The van der Waals surface area contributed by atoms with Crippen LogP contribution >= 0.6 is 0 Å². The standard InChI is InChI=1S/C9H16N2O6S/c1-4-11(17-8(12)7(2)3)9(13)10-5-6-18(14,15)16/h2,4-6H2,1,3H3,(H,10,13)(H,14,15,16). The number of carbonyl (C=O) groups is 2. The molecule has 0 rings (SSSR count). The van der Waals surface area contributed by atoms with Gasteiger partial charge in [-0.3, -0.25) is 4.55 Å². The van der Waals surface area contributed by atoms with Crippen molar-refractivity contribution >= 4 is 22.1 Å². The molecule has 0 aliphatic carbocycles. The van der Waals surface area contributed by atoms with E-state index in [0.717, 1.165) is 5.06 Å². The Morgan fingerprint density at radius 3 is 2.39 bits per heavy atom. The Kier molecular flexibility index (Phi) is 6.34. The van der Waals surface area contributed by atoms with Crippen molar-refractivity contribution in [2.45, 2.75) is 13.8 Å². The van der Waals surface area contributed by atoms with Crippen molar-refractivity contribution in [3.8, 4) is 0 Å². The molecule has 0 radical (unpaired) electrons. The summed E-state index contributed by atoms with van der Waals surface area (Å²) in [6, 6.07) is -0.782. The van der Waals surface area contributed by atoms with E-state index in [1.54, 1.807) is 6.92 Å². The number of amides is 2. The van der Waals surface area contributed by atoms with Gasteiger partial charge in [0.15, 0.2) is 0 Å². The van der Waals surface area contributed by atoms with Crippen molar-refractivity contribution in [1.29, 1.82) is 0 Å². The number of nitrogens with one attached hydrogen (secondary N) is 1. The van der Waals surface area contributed by atoms with Crippen LogP contribution in [0.15, 0.2) is 12.2 Å². The quantitative estimate of drug-likeness (QED) is 0.414. The van der Waals surface area contributed by atoms with E-state index in [0.29, 0.717) is 0 Å². The van der Waals surface area contributed by atoms with Gasteiger partial charge in [0.25, 0.3) is 10.1 Å². The molecule has 0 unspecified atom stereocenters. The van der Waals surface area contributed by atoms with Crippen LogP contribution in [-0.2, 0) is 19.8 Å². The fourth-order valence-corrected chi connectivity index (χ4v) is 1.16. The van der Waals surface area contributed by atoms with Crippen molar-refractivity contribution < 1.29 is 27.4 Å². The number of carbonyl (C=O) groups excluding carboxylic acids is 2. The van der Waals surface area contributed by atoms with Crippen LogP contribution in [0.1, 0.15) is 13.8 Å². The SMILES string of the molecule is C=C(C)C(=O)ON(CC)C(=O)NCCS(=O)(=O)O. The molecule has 2 N–H and O–H groups in total. The molecule has 0 aromatic rings.